The summed E-state index contributed by atoms with van der Waals surface area (Å²) in [5.74, 6) is 0.225. The molecule has 0 bridgehead atoms. The number of hydrogen-bond acceptors (Lipinski definition) is 3. The van der Waals surface area contributed by atoms with E-state index in [1.165, 1.54) is 0 Å². The molecule has 0 radical (unpaired) electrons. The number of rotatable bonds is 4. The van der Waals surface area contributed by atoms with Crippen molar-refractivity contribution in [3.63, 3.8) is 0 Å². The Morgan fingerprint density at radius 2 is 1.81 bits per heavy atom. The lowest BCUT2D eigenvalue weighted by Gasteiger charge is -2.06. The Morgan fingerprint density at radius 1 is 1.25 bits per heavy atom. The van der Waals surface area contributed by atoms with Crippen LogP contribution in [0.3, 0.4) is 0 Å². The molecule has 1 aromatic carbocycles. The fourth-order valence-corrected chi connectivity index (χ4v) is 0.791. The molecule has 0 aliphatic carbocycles. The molecule has 0 saturated carbocycles. The Morgan fingerprint density at radius 3 is 2.31 bits per heavy atom. The Balaban J connectivity index is 0.00000106. The quantitative estimate of drug-likeness (QED) is 0.446. The molecular formula is C13H18O3. The number of benzene rings is 1. The number of carbonyl (C=O) groups excluding carboxylic acids is 1. The van der Waals surface area contributed by atoms with Crippen LogP contribution in [0.2, 0.25) is 0 Å². The maximum absolute atomic E-state index is 10.9. The second-order valence-corrected chi connectivity index (χ2v) is 2.79. The van der Waals surface area contributed by atoms with E-state index in [9.17, 15) is 4.79 Å². The molecule has 0 fully saturated rings. The molecule has 0 saturated heterocycles. The van der Waals surface area contributed by atoms with Gasteiger partial charge in [-0.2, -0.15) is 0 Å². The highest BCUT2D eigenvalue weighted by Gasteiger charge is 2.02. The van der Waals surface area contributed by atoms with Crippen LogP contribution in [0.15, 0.2) is 42.5 Å². The maximum Gasteiger partial charge on any atom is 0.335 e. The second kappa shape index (κ2) is 8.53. The first-order valence-electron chi connectivity index (χ1n) is 5.20. The summed E-state index contributed by atoms with van der Waals surface area (Å²) in [5, 5.41) is 0. The Bertz CT molecular complexity index is 317. The summed E-state index contributed by atoms with van der Waals surface area (Å²) >= 11 is 0. The molecule has 3 nitrogen and oxygen atoms in total. The van der Waals surface area contributed by atoms with E-state index in [4.69, 9.17) is 9.47 Å². The van der Waals surface area contributed by atoms with E-state index in [-0.39, 0.29) is 6.79 Å². The molecule has 0 unspecified atom stereocenters. The van der Waals surface area contributed by atoms with E-state index in [1.54, 1.807) is 19.1 Å². The predicted molar refractivity (Wildman–Crippen MR) is 64.2 cm³/mol. The van der Waals surface area contributed by atoms with Gasteiger partial charge in [0.05, 0.1) is 0 Å². The normalized spacial score (nSPS) is 8.44. The summed E-state index contributed by atoms with van der Waals surface area (Å²) in [7, 11) is 0. The van der Waals surface area contributed by atoms with Gasteiger partial charge < -0.3 is 9.47 Å². The monoisotopic (exact) mass is 222 g/mol. The second-order valence-electron chi connectivity index (χ2n) is 2.79. The summed E-state index contributed by atoms with van der Waals surface area (Å²) in [6.07, 6.45) is 0. The lowest BCUT2D eigenvalue weighted by Crippen LogP contribution is -2.10. The van der Waals surface area contributed by atoms with Gasteiger partial charge in [0, 0.05) is 5.57 Å². The zero-order valence-electron chi connectivity index (χ0n) is 10.0. The number of hydrogen-bond donors (Lipinski definition) is 0. The molecular weight excluding hydrogens is 204 g/mol. The van der Waals surface area contributed by atoms with Gasteiger partial charge in [0.25, 0.3) is 0 Å². The van der Waals surface area contributed by atoms with Crippen LogP contribution >= 0.6 is 0 Å². The summed E-state index contributed by atoms with van der Waals surface area (Å²) < 4.78 is 9.89. The zero-order chi connectivity index (χ0) is 12.4. The third-order valence-corrected chi connectivity index (χ3v) is 1.51. The third kappa shape index (κ3) is 5.86. The summed E-state index contributed by atoms with van der Waals surface area (Å²) in [4.78, 5) is 10.9. The summed E-state index contributed by atoms with van der Waals surface area (Å²) in [6, 6.07) is 9.14. The van der Waals surface area contributed by atoms with Crippen molar-refractivity contribution in [2.75, 3.05) is 6.79 Å². The van der Waals surface area contributed by atoms with Crippen LogP contribution in [0.4, 0.5) is 0 Å². The van der Waals surface area contributed by atoms with E-state index in [2.05, 4.69) is 6.58 Å². The number of para-hydroxylation sites is 1. The SMILES string of the molecule is C=C(C)C(=O)OCOc1ccccc1.CC. The van der Waals surface area contributed by atoms with Crippen molar-refractivity contribution in [3.8, 4) is 5.75 Å². The van der Waals surface area contributed by atoms with Gasteiger partial charge in [-0.05, 0) is 19.1 Å². The van der Waals surface area contributed by atoms with Gasteiger partial charge in [-0.25, -0.2) is 4.79 Å². The van der Waals surface area contributed by atoms with Crippen molar-refractivity contribution in [1.29, 1.82) is 0 Å². The molecule has 1 rings (SSSR count). The largest absolute Gasteiger partial charge is 0.457 e. The van der Waals surface area contributed by atoms with E-state index < -0.39 is 5.97 Å². The first-order chi connectivity index (χ1) is 7.70. The number of ether oxygens (including phenoxy) is 2. The zero-order valence-corrected chi connectivity index (χ0v) is 10.0. The van der Waals surface area contributed by atoms with Gasteiger partial charge in [0.15, 0.2) is 0 Å². The molecule has 0 heterocycles. The maximum atomic E-state index is 10.9. The van der Waals surface area contributed by atoms with Gasteiger partial charge in [0.2, 0.25) is 6.79 Å². The fraction of sp³-hybridized carbons (Fsp3) is 0.308. The molecule has 1 aromatic rings. The molecule has 16 heavy (non-hydrogen) atoms. The first-order valence-corrected chi connectivity index (χ1v) is 5.20. The van der Waals surface area contributed by atoms with Crippen molar-refractivity contribution < 1.29 is 14.3 Å². The molecule has 0 amide bonds. The lowest BCUT2D eigenvalue weighted by molar-refractivity contribution is -0.145. The first kappa shape index (κ1) is 14.2. The van der Waals surface area contributed by atoms with Crippen molar-refractivity contribution in [3.05, 3.63) is 42.5 Å². The highest BCUT2D eigenvalue weighted by molar-refractivity contribution is 5.86. The number of carbonyl (C=O) groups is 1. The Labute approximate surface area is 96.7 Å². The van der Waals surface area contributed by atoms with Crippen molar-refractivity contribution in [2.45, 2.75) is 20.8 Å². The van der Waals surface area contributed by atoms with Gasteiger partial charge >= 0.3 is 5.97 Å². The van der Waals surface area contributed by atoms with Crippen LogP contribution in [-0.4, -0.2) is 12.8 Å². The van der Waals surface area contributed by atoms with Crippen molar-refractivity contribution in [1.82, 2.24) is 0 Å². The molecule has 0 aliphatic heterocycles. The average molecular weight is 222 g/mol. The molecule has 0 atom stereocenters. The molecule has 0 aliphatic rings. The van der Waals surface area contributed by atoms with Crippen molar-refractivity contribution >= 4 is 5.97 Å². The van der Waals surface area contributed by atoms with Gasteiger partial charge in [0.1, 0.15) is 5.75 Å². The van der Waals surface area contributed by atoms with E-state index in [1.807, 2.05) is 32.0 Å². The summed E-state index contributed by atoms with van der Waals surface area (Å²) in [6.45, 7) is 8.95. The average Bonchev–Trinajstić information content (AvgIpc) is 2.33. The van der Waals surface area contributed by atoms with Crippen LogP contribution in [-0.2, 0) is 9.53 Å². The molecule has 0 aromatic heterocycles. The highest BCUT2D eigenvalue weighted by Crippen LogP contribution is 2.08. The van der Waals surface area contributed by atoms with Crippen LogP contribution in [0.1, 0.15) is 20.8 Å². The predicted octanol–water partition coefficient (Wildman–Crippen LogP) is 3.17. The number of esters is 1. The molecule has 3 heteroatoms. The summed E-state index contributed by atoms with van der Waals surface area (Å²) in [5.41, 5.74) is 0.363. The van der Waals surface area contributed by atoms with Crippen LogP contribution < -0.4 is 4.74 Å². The van der Waals surface area contributed by atoms with Crippen LogP contribution in [0.25, 0.3) is 0 Å². The minimum atomic E-state index is -0.444. The van der Waals surface area contributed by atoms with Gasteiger partial charge in [-0.15, -0.1) is 0 Å². The van der Waals surface area contributed by atoms with Crippen molar-refractivity contribution in [2.24, 2.45) is 0 Å². The topological polar surface area (TPSA) is 35.5 Å². The minimum absolute atomic E-state index is 0.0876. The van der Waals surface area contributed by atoms with E-state index >= 15 is 0 Å². The Kier molecular flexibility index (Phi) is 7.59. The molecule has 88 valence electrons. The van der Waals surface area contributed by atoms with E-state index in [0.717, 1.165) is 0 Å². The van der Waals surface area contributed by atoms with Crippen LogP contribution in [0, 0.1) is 0 Å². The third-order valence-electron chi connectivity index (χ3n) is 1.51. The van der Waals surface area contributed by atoms with Gasteiger partial charge in [-0.1, -0.05) is 38.6 Å². The minimum Gasteiger partial charge on any atom is -0.457 e. The van der Waals surface area contributed by atoms with Crippen LogP contribution in [0.5, 0.6) is 5.75 Å². The molecule has 0 spiro atoms. The molecule has 0 N–H and O–H groups in total. The highest BCUT2D eigenvalue weighted by atomic mass is 16.7. The van der Waals surface area contributed by atoms with Gasteiger partial charge in [-0.3, -0.25) is 0 Å². The smallest absolute Gasteiger partial charge is 0.335 e. The Hall–Kier alpha value is -1.77. The fourth-order valence-electron chi connectivity index (χ4n) is 0.791. The standard InChI is InChI=1S/C11H12O3.C2H6/c1-9(2)11(12)14-8-13-10-6-4-3-5-7-10;1-2/h3-7H,1,8H2,2H3;1-2H3. The lowest BCUT2D eigenvalue weighted by atomic mass is 10.3. The van der Waals surface area contributed by atoms with E-state index in [0.29, 0.717) is 11.3 Å².